The van der Waals surface area contributed by atoms with Gasteiger partial charge in [0.25, 0.3) is 0 Å². The van der Waals surface area contributed by atoms with Gasteiger partial charge in [-0.2, -0.15) is 0 Å². The molecule has 2 atom stereocenters. The van der Waals surface area contributed by atoms with Crippen LogP contribution < -0.4 is 5.11 Å². The van der Waals surface area contributed by atoms with Crippen LogP contribution in [0.5, 0.6) is 0 Å². The van der Waals surface area contributed by atoms with E-state index in [9.17, 15) is 19.5 Å². The van der Waals surface area contributed by atoms with Crippen LogP contribution in [0.25, 0.3) is 0 Å². The fourth-order valence-corrected chi connectivity index (χ4v) is 6.96. The van der Waals surface area contributed by atoms with Crippen molar-refractivity contribution in [3.8, 4) is 0 Å². The van der Waals surface area contributed by atoms with E-state index < -0.39 is 18.1 Å². The van der Waals surface area contributed by atoms with Crippen LogP contribution in [0.15, 0.2) is 48.6 Å². The molecule has 0 aliphatic heterocycles. The number of carboxylic acid groups (broad SMARTS) is 1. The average molecular weight is 830 g/mol. The van der Waals surface area contributed by atoms with Crippen molar-refractivity contribution < 1.29 is 38.2 Å². The highest BCUT2D eigenvalue weighted by molar-refractivity contribution is 5.70. The van der Waals surface area contributed by atoms with Crippen LogP contribution in [0, 0.1) is 0 Å². The van der Waals surface area contributed by atoms with Gasteiger partial charge in [0.2, 0.25) is 0 Å². The number of allylic oxidation sites excluding steroid dienone is 8. The van der Waals surface area contributed by atoms with Crippen LogP contribution in [0.2, 0.25) is 0 Å². The van der Waals surface area contributed by atoms with Crippen LogP contribution in [0.1, 0.15) is 206 Å². The molecule has 0 fully saturated rings. The number of quaternary nitrogens is 1. The van der Waals surface area contributed by atoms with Gasteiger partial charge in [-0.3, -0.25) is 9.59 Å². The number of nitrogens with zero attached hydrogens (tertiary/aromatic N) is 1. The lowest BCUT2D eigenvalue weighted by Crippen LogP contribution is -2.55. The SMILES string of the molecule is CC/C=C/C/C=C/C/C=C/CCCCCCCCCCCCC(=O)OCC(COCCC(C(=O)[O-])[N+](C)(C)C)OC(=O)CCCCCCCCC/C=C/CCCCCC. The second-order valence-corrected chi connectivity index (χ2v) is 17.3. The van der Waals surface area contributed by atoms with E-state index in [2.05, 4.69) is 62.5 Å². The molecule has 0 N–H and O–H groups in total. The second kappa shape index (κ2) is 42.0. The lowest BCUT2D eigenvalue weighted by molar-refractivity contribution is -0.889. The summed E-state index contributed by atoms with van der Waals surface area (Å²) >= 11 is 0. The zero-order valence-corrected chi connectivity index (χ0v) is 38.9. The Morgan fingerprint density at radius 2 is 0.949 bits per heavy atom. The number of likely N-dealkylation sites (N-methyl/N-ethyl adjacent to an activating group) is 1. The number of carboxylic acids is 1. The van der Waals surface area contributed by atoms with Gasteiger partial charge < -0.3 is 28.6 Å². The molecule has 8 nitrogen and oxygen atoms in total. The monoisotopic (exact) mass is 830 g/mol. The molecule has 0 spiro atoms. The van der Waals surface area contributed by atoms with Crippen molar-refractivity contribution >= 4 is 17.9 Å². The number of hydrogen-bond donors (Lipinski definition) is 0. The summed E-state index contributed by atoms with van der Waals surface area (Å²) in [7, 11) is 5.41. The van der Waals surface area contributed by atoms with Gasteiger partial charge in [0.1, 0.15) is 12.6 Å². The quantitative estimate of drug-likeness (QED) is 0.0261. The number of aliphatic carboxylic acids is 1. The van der Waals surface area contributed by atoms with Crippen molar-refractivity contribution in [2.24, 2.45) is 0 Å². The third-order valence-corrected chi connectivity index (χ3v) is 10.7. The van der Waals surface area contributed by atoms with Crippen LogP contribution >= 0.6 is 0 Å². The molecular weight excluding hydrogens is 739 g/mol. The Morgan fingerprint density at radius 3 is 1.42 bits per heavy atom. The minimum atomic E-state index is -1.13. The first-order valence-electron chi connectivity index (χ1n) is 24.2. The van der Waals surface area contributed by atoms with E-state index in [1.807, 2.05) is 0 Å². The first kappa shape index (κ1) is 56.3. The van der Waals surface area contributed by atoms with Crippen molar-refractivity contribution in [1.82, 2.24) is 0 Å². The minimum absolute atomic E-state index is 0.0382. The number of unbranched alkanes of at least 4 members (excludes halogenated alkanes) is 21. The second-order valence-electron chi connectivity index (χ2n) is 17.3. The predicted molar refractivity (Wildman–Crippen MR) is 245 cm³/mol. The third kappa shape index (κ3) is 40.5. The third-order valence-electron chi connectivity index (χ3n) is 10.7. The summed E-state index contributed by atoms with van der Waals surface area (Å²) in [5.41, 5.74) is 0. The van der Waals surface area contributed by atoms with E-state index >= 15 is 0 Å². The Hall–Kier alpha value is -2.71. The summed E-state index contributed by atoms with van der Waals surface area (Å²) in [6, 6.07) is -0.727. The minimum Gasteiger partial charge on any atom is -0.544 e. The molecule has 59 heavy (non-hydrogen) atoms. The maximum absolute atomic E-state index is 12.7. The highest BCUT2D eigenvalue weighted by atomic mass is 16.6. The molecule has 342 valence electrons. The molecule has 0 aliphatic carbocycles. The highest BCUT2D eigenvalue weighted by Gasteiger charge is 2.25. The molecule has 0 aromatic rings. The van der Waals surface area contributed by atoms with E-state index in [4.69, 9.17) is 14.2 Å². The molecule has 0 aromatic carbocycles. The number of carbonyl (C=O) groups is 3. The summed E-state index contributed by atoms with van der Waals surface area (Å²) in [6.45, 7) is 4.54. The van der Waals surface area contributed by atoms with Crippen LogP contribution in [-0.2, 0) is 28.6 Å². The standard InChI is InChI=1S/C51H91NO7/c1-6-8-10-12-14-16-18-20-22-23-24-25-26-28-29-31-33-35-37-39-41-49(53)58-46-47(45-57-44-43-48(51(55)56)52(3,4)5)59-50(54)42-40-38-36-34-32-30-27-21-19-17-15-13-11-9-7-2/h8,10,14,16-17,19-20,22,47-48H,6-7,9,11-13,15,18,21,23-46H2,1-5H3/b10-8+,16-14+,19-17+,22-20+. The fourth-order valence-electron chi connectivity index (χ4n) is 6.96. The fraction of sp³-hybridized carbons (Fsp3) is 0.784. The van der Waals surface area contributed by atoms with Gasteiger partial charge in [-0.25, -0.2) is 0 Å². The van der Waals surface area contributed by atoms with E-state index in [-0.39, 0.29) is 42.7 Å². The largest absolute Gasteiger partial charge is 0.544 e. The van der Waals surface area contributed by atoms with Gasteiger partial charge in [-0.15, -0.1) is 0 Å². The van der Waals surface area contributed by atoms with Crippen molar-refractivity contribution in [1.29, 1.82) is 0 Å². The average Bonchev–Trinajstić information content (AvgIpc) is 3.19. The zero-order chi connectivity index (χ0) is 43.5. The predicted octanol–water partition coefficient (Wildman–Crippen LogP) is 12.3. The Bertz CT molecular complexity index is 1110. The normalized spacial score (nSPS) is 13.3. The molecule has 0 rings (SSSR count). The Morgan fingerprint density at radius 1 is 0.525 bits per heavy atom. The molecule has 0 heterocycles. The van der Waals surface area contributed by atoms with Gasteiger partial charge in [-0.1, -0.05) is 165 Å². The molecule has 0 radical (unpaired) electrons. The zero-order valence-electron chi connectivity index (χ0n) is 38.9. The van der Waals surface area contributed by atoms with Gasteiger partial charge in [0.05, 0.1) is 40.3 Å². The first-order chi connectivity index (χ1) is 28.6. The van der Waals surface area contributed by atoms with Crippen LogP contribution in [-0.4, -0.2) is 75.5 Å². The number of carbonyl (C=O) groups excluding carboxylic acids is 3. The maximum Gasteiger partial charge on any atom is 0.306 e. The Balaban J connectivity index is 4.26. The van der Waals surface area contributed by atoms with E-state index in [1.54, 1.807) is 21.1 Å². The maximum atomic E-state index is 12.7. The first-order valence-corrected chi connectivity index (χ1v) is 24.2. The van der Waals surface area contributed by atoms with Gasteiger partial charge in [0.15, 0.2) is 6.10 Å². The number of esters is 2. The van der Waals surface area contributed by atoms with Crippen molar-refractivity contribution in [3.63, 3.8) is 0 Å². The van der Waals surface area contributed by atoms with Crippen molar-refractivity contribution in [2.45, 2.75) is 219 Å². The van der Waals surface area contributed by atoms with E-state index in [1.165, 1.54) is 116 Å². The topological polar surface area (TPSA) is 102 Å². The summed E-state index contributed by atoms with van der Waals surface area (Å²) in [4.78, 5) is 37.0. The van der Waals surface area contributed by atoms with Crippen LogP contribution in [0.4, 0.5) is 0 Å². The van der Waals surface area contributed by atoms with Crippen molar-refractivity contribution in [3.05, 3.63) is 48.6 Å². The number of rotatable bonds is 43. The molecule has 2 unspecified atom stereocenters. The molecule has 0 aliphatic rings. The van der Waals surface area contributed by atoms with Gasteiger partial charge in [0, 0.05) is 19.3 Å². The molecule has 0 saturated heterocycles. The summed E-state index contributed by atoms with van der Waals surface area (Å²) < 4.78 is 17.2. The lowest BCUT2D eigenvalue weighted by Gasteiger charge is -2.34. The number of hydrogen-bond acceptors (Lipinski definition) is 7. The van der Waals surface area contributed by atoms with Crippen molar-refractivity contribution in [2.75, 3.05) is 41.0 Å². The molecule has 8 heteroatoms. The van der Waals surface area contributed by atoms with Gasteiger partial charge in [-0.05, 0) is 70.6 Å². The van der Waals surface area contributed by atoms with E-state index in [0.717, 1.165) is 57.8 Å². The Kier molecular flexibility index (Phi) is 40.1. The summed E-state index contributed by atoms with van der Waals surface area (Å²) in [6.07, 6.45) is 49.9. The Labute approximate surface area is 363 Å². The molecule has 0 aromatic heterocycles. The molecule has 0 saturated carbocycles. The summed E-state index contributed by atoms with van der Waals surface area (Å²) in [5, 5.41) is 11.6. The van der Waals surface area contributed by atoms with Gasteiger partial charge >= 0.3 is 11.9 Å². The molecule has 0 bridgehead atoms. The highest BCUT2D eigenvalue weighted by Crippen LogP contribution is 2.15. The smallest absolute Gasteiger partial charge is 0.306 e. The van der Waals surface area contributed by atoms with Crippen LogP contribution in [0.3, 0.4) is 0 Å². The van der Waals surface area contributed by atoms with E-state index in [0.29, 0.717) is 12.8 Å². The molecular formula is C51H91NO7. The summed E-state index contributed by atoms with van der Waals surface area (Å²) in [5.74, 6) is -1.74. The molecule has 0 amide bonds. The lowest BCUT2D eigenvalue weighted by atomic mass is 10.1. The number of ether oxygens (including phenoxy) is 3.